The normalized spacial score (nSPS) is 10.4. The van der Waals surface area contributed by atoms with Gasteiger partial charge >= 0.3 is 12.0 Å². The van der Waals surface area contributed by atoms with Gasteiger partial charge < -0.3 is 25.0 Å². The average Bonchev–Trinajstić information content (AvgIpc) is 2.96. The summed E-state index contributed by atoms with van der Waals surface area (Å²) in [6, 6.07) is 18.6. The van der Waals surface area contributed by atoms with Gasteiger partial charge in [0.15, 0.2) is 0 Å². The number of carbonyl (C=O) groups is 3. The topological polar surface area (TPSA) is 110 Å². The van der Waals surface area contributed by atoms with Gasteiger partial charge in [0.25, 0.3) is 0 Å². The van der Waals surface area contributed by atoms with Crippen LogP contribution >= 0.6 is 35.6 Å². The molecule has 1 aromatic heterocycles. The monoisotopic (exact) mass is 630 g/mol. The number of fused-ring (bicyclic) bond motifs is 1. The number of para-hydroxylation sites is 1. The minimum Gasteiger partial charge on any atom is -0.487 e. The second-order valence-electron chi connectivity index (χ2n) is 8.97. The first kappa shape index (κ1) is 32.5. The highest BCUT2D eigenvalue weighted by atomic mass is 35.5. The number of halogens is 3. The highest BCUT2D eigenvalue weighted by Crippen LogP contribution is 2.35. The maximum absolute atomic E-state index is 12.9. The van der Waals surface area contributed by atoms with E-state index in [4.69, 9.17) is 32.7 Å². The maximum Gasteiger partial charge on any atom is 0.338 e. The maximum atomic E-state index is 12.9. The molecule has 0 atom stereocenters. The highest BCUT2D eigenvalue weighted by Gasteiger charge is 2.20. The number of esters is 1. The van der Waals surface area contributed by atoms with E-state index in [0.717, 1.165) is 16.6 Å². The van der Waals surface area contributed by atoms with Gasteiger partial charge in [-0.2, -0.15) is 0 Å². The lowest BCUT2D eigenvalue weighted by Gasteiger charge is -2.21. The largest absolute Gasteiger partial charge is 0.487 e. The SMILES string of the molecule is CCOC(=O)c1cccc(NC(=O)NCC(=O)N(C)c2ccc(Cl)c(COc3cc4ccccc4nc3C)c2Cl)c1.Cl. The lowest BCUT2D eigenvalue weighted by molar-refractivity contribution is -0.117. The molecule has 0 fully saturated rings. The minimum absolute atomic E-state index is 0. The summed E-state index contributed by atoms with van der Waals surface area (Å²) in [7, 11) is 1.54. The van der Waals surface area contributed by atoms with E-state index >= 15 is 0 Å². The van der Waals surface area contributed by atoms with Crippen LogP contribution in [0, 0.1) is 6.92 Å². The molecule has 2 N–H and O–H groups in total. The Labute approximate surface area is 259 Å². The van der Waals surface area contributed by atoms with Crippen molar-refractivity contribution in [1.82, 2.24) is 10.3 Å². The fourth-order valence-electron chi connectivity index (χ4n) is 3.99. The molecule has 0 spiro atoms. The Bertz CT molecular complexity index is 1620. The summed E-state index contributed by atoms with van der Waals surface area (Å²) in [5.74, 6) is -0.332. The van der Waals surface area contributed by atoms with Crippen LogP contribution in [0.2, 0.25) is 10.0 Å². The van der Waals surface area contributed by atoms with Gasteiger partial charge in [-0.25, -0.2) is 14.6 Å². The summed E-state index contributed by atoms with van der Waals surface area (Å²) < 4.78 is 11.0. The lowest BCUT2D eigenvalue weighted by Crippen LogP contribution is -2.40. The van der Waals surface area contributed by atoms with Crippen molar-refractivity contribution in [2.24, 2.45) is 0 Å². The smallest absolute Gasteiger partial charge is 0.338 e. The van der Waals surface area contributed by atoms with E-state index in [9.17, 15) is 14.4 Å². The van der Waals surface area contributed by atoms with Crippen LogP contribution in [-0.2, 0) is 16.1 Å². The Morgan fingerprint density at radius 2 is 1.76 bits per heavy atom. The van der Waals surface area contributed by atoms with Crippen LogP contribution in [0.5, 0.6) is 5.75 Å². The quantitative estimate of drug-likeness (QED) is 0.196. The number of likely N-dealkylation sites (N-methyl/N-ethyl adjacent to an activating group) is 1. The number of pyridine rings is 1. The number of hydrogen-bond donors (Lipinski definition) is 2. The molecule has 3 aromatic carbocycles. The van der Waals surface area contributed by atoms with E-state index in [-0.39, 0.29) is 37.2 Å². The number of hydrogen-bond acceptors (Lipinski definition) is 6. The van der Waals surface area contributed by atoms with Gasteiger partial charge in [0, 0.05) is 28.7 Å². The first-order chi connectivity index (χ1) is 19.7. The Morgan fingerprint density at radius 3 is 2.52 bits per heavy atom. The molecule has 220 valence electrons. The summed E-state index contributed by atoms with van der Waals surface area (Å²) >= 11 is 13.1. The standard InChI is InChI=1S/C30H28Cl2N4O5.ClH/c1-4-40-29(38)20-9-7-10-21(14-20)35-30(39)33-16-27(37)36(3)25-13-12-23(31)22(28(25)32)17-41-26-15-19-8-5-6-11-24(19)34-18(26)2;/h5-15H,4,16-17H2,1-3H3,(H2,33,35,39);1H. The minimum atomic E-state index is -0.622. The van der Waals surface area contributed by atoms with E-state index in [1.165, 1.54) is 11.0 Å². The van der Waals surface area contributed by atoms with Crippen LogP contribution in [0.15, 0.2) is 66.7 Å². The van der Waals surface area contributed by atoms with Gasteiger partial charge in [-0.05, 0) is 56.3 Å². The van der Waals surface area contributed by atoms with Gasteiger partial charge in [-0.15, -0.1) is 12.4 Å². The zero-order valence-corrected chi connectivity index (χ0v) is 25.4. The van der Waals surface area contributed by atoms with E-state index < -0.39 is 17.9 Å². The molecule has 0 aliphatic rings. The summed E-state index contributed by atoms with van der Waals surface area (Å²) in [4.78, 5) is 43.1. The molecule has 0 saturated heterocycles. The molecule has 9 nitrogen and oxygen atoms in total. The molecule has 0 aliphatic carbocycles. The third kappa shape index (κ3) is 7.82. The van der Waals surface area contributed by atoms with Crippen LogP contribution in [0.4, 0.5) is 16.2 Å². The number of nitrogens with zero attached hydrogens (tertiary/aromatic N) is 2. The molecule has 3 amide bonds. The molecule has 42 heavy (non-hydrogen) atoms. The predicted octanol–water partition coefficient (Wildman–Crippen LogP) is 6.81. The van der Waals surface area contributed by atoms with Crippen molar-refractivity contribution in [2.45, 2.75) is 20.5 Å². The van der Waals surface area contributed by atoms with Crippen molar-refractivity contribution < 1.29 is 23.9 Å². The number of nitrogens with one attached hydrogen (secondary N) is 2. The van der Waals surface area contributed by atoms with Gasteiger partial charge in [-0.1, -0.05) is 47.5 Å². The van der Waals surface area contributed by atoms with E-state index in [2.05, 4.69) is 15.6 Å². The molecule has 12 heteroatoms. The van der Waals surface area contributed by atoms with Gasteiger partial charge in [0.05, 0.1) is 40.6 Å². The third-order valence-corrected chi connectivity index (χ3v) is 6.95. The first-order valence-corrected chi connectivity index (χ1v) is 13.5. The predicted molar refractivity (Wildman–Crippen MR) is 167 cm³/mol. The number of amides is 3. The lowest BCUT2D eigenvalue weighted by atomic mass is 10.1. The Morgan fingerprint density at radius 1 is 1.00 bits per heavy atom. The van der Waals surface area contributed by atoms with Gasteiger partial charge in [0.2, 0.25) is 5.91 Å². The molecule has 4 rings (SSSR count). The van der Waals surface area contributed by atoms with Crippen LogP contribution in [-0.4, -0.2) is 43.1 Å². The summed E-state index contributed by atoms with van der Waals surface area (Å²) in [6.07, 6.45) is 0. The summed E-state index contributed by atoms with van der Waals surface area (Å²) in [6.45, 7) is 3.54. The number of rotatable bonds is 9. The zero-order chi connectivity index (χ0) is 29.5. The third-order valence-electron chi connectivity index (χ3n) is 6.17. The molecular formula is C30H29Cl3N4O5. The van der Waals surface area contributed by atoms with Crippen molar-refractivity contribution in [3.8, 4) is 5.75 Å². The van der Waals surface area contributed by atoms with Crippen molar-refractivity contribution in [1.29, 1.82) is 0 Å². The molecule has 0 unspecified atom stereocenters. The fraction of sp³-hybridized carbons (Fsp3) is 0.200. The van der Waals surface area contributed by atoms with E-state index in [1.54, 1.807) is 44.3 Å². The number of carbonyl (C=O) groups excluding carboxylic acids is 3. The zero-order valence-electron chi connectivity index (χ0n) is 23.1. The van der Waals surface area contributed by atoms with E-state index in [1.807, 2.05) is 37.3 Å². The molecule has 1 heterocycles. The van der Waals surface area contributed by atoms with Gasteiger partial charge in [0.1, 0.15) is 12.4 Å². The Balaban J connectivity index is 0.00000484. The number of benzene rings is 3. The van der Waals surface area contributed by atoms with Crippen molar-refractivity contribution in [3.63, 3.8) is 0 Å². The summed E-state index contributed by atoms with van der Waals surface area (Å²) in [5, 5.41) is 6.68. The van der Waals surface area contributed by atoms with Crippen molar-refractivity contribution >= 4 is 75.8 Å². The van der Waals surface area contributed by atoms with E-state index in [0.29, 0.717) is 33.3 Å². The number of urea groups is 1. The fourth-order valence-corrected chi connectivity index (χ4v) is 4.59. The number of aryl methyl sites for hydroxylation is 1. The van der Waals surface area contributed by atoms with Crippen LogP contribution < -0.4 is 20.3 Å². The molecule has 4 aromatic rings. The Kier molecular flexibility index (Phi) is 11.4. The molecule has 0 radical (unpaired) electrons. The van der Waals surface area contributed by atoms with Crippen LogP contribution in [0.1, 0.15) is 28.5 Å². The molecular weight excluding hydrogens is 603 g/mol. The van der Waals surface area contributed by atoms with Crippen molar-refractivity contribution in [2.75, 3.05) is 30.4 Å². The average molecular weight is 632 g/mol. The molecule has 0 saturated carbocycles. The second kappa shape index (κ2) is 14.7. The number of anilines is 2. The molecule has 0 bridgehead atoms. The van der Waals surface area contributed by atoms with Crippen LogP contribution in [0.3, 0.4) is 0 Å². The van der Waals surface area contributed by atoms with Crippen molar-refractivity contribution in [3.05, 3.63) is 93.6 Å². The van der Waals surface area contributed by atoms with Gasteiger partial charge in [-0.3, -0.25) is 4.79 Å². The molecule has 0 aliphatic heterocycles. The first-order valence-electron chi connectivity index (χ1n) is 12.7. The number of aromatic nitrogens is 1. The number of ether oxygens (including phenoxy) is 2. The summed E-state index contributed by atoms with van der Waals surface area (Å²) in [5.41, 5.74) is 3.16. The highest BCUT2D eigenvalue weighted by molar-refractivity contribution is 6.38. The second-order valence-corrected chi connectivity index (χ2v) is 9.76. The van der Waals surface area contributed by atoms with Crippen LogP contribution in [0.25, 0.3) is 10.9 Å². The Hall–Kier alpha value is -4.05.